The molecule has 2 aromatic heterocycles. The molecule has 1 aromatic carbocycles. The van der Waals surface area contributed by atoms with Crippen molar-refractivity contribution in [2.24, 2.45) is 0 Å². The van der Waals surface area contributed by atoms with Crippen molar-refractivity contribution in [1.29, 1.82) is 0 Å². The number of rotatable bonds is 6. The summed E-state index contributed by atoms with van der Waals surface area (Å²) in [5.41, 5.74) is 1.72. The van der Waals surface area contributed by atoms with Crippen LogP contribution in [0, 0.1) is 10.6 Å². The quantitative estimate of drug-likeness (QED) is 0.597. The number of halogens is 1. The average molecular weight is 399 g/mol. The second kappa shape index (κ2) is 8.62. The monoisotopic (exact) mass is 398 g/mol. The highest BCUT2D eigenvalue weighted by Gasteiger charge is 2.20. The summed E-state index contributed by atoms with van der Waals surface area (Å²) in [6.45, 7) is 4.68. The number of piperazine rings is 1. The van der Waals surface area contributed by atoms with Crippen molar-refractivity contribution in [1.82, 2.24) is 24.2 Å². The third kappa shape index (κ3) is 4.28. The number of aryl methyl sites for hydroxylation is 2. The third-order valence-electron chi connectivity index (χ3n) is 5.03. The largest absolute Gasteiger partial charge is 0.367 e. The van der Waals surface area contributed by atoms with Crippen LogP contribution >= 0.6 is 12.2 Å². The molecule has 4 rings (SSSR count). The number of pyridine rings is 1. The molecule has 8 heteroatoms. The molecule has 1 aliphatic rings. The lowest BCUT2D eigenvalue weighted by atomic mass is 10.2. The van der Waals surface area contributed by atoms with Crippen LogP contribution in [0.2, 0.25) is 0 Å². The van der Waals surface area contributed by atoms with Crippen molar-refractivity contribution in [3.05, 3.63) is 71.3 Å². The molecule has 1 saturated heterocycles. The maximum Gasteiger partial charge on any atom is 0.198 e. The molecule has 1 fully saturated rings. The van der Waals surface area contributed by atoms with Crippen molar-refractivity contribution >= 4 is 17.9 Å². The van der Waals surface area contributed by atoms with Crippen LogP contribution in [0.15, 0.2) is 55.0 Å². The van der Waals surface area contributed by atoms with Gasteiger partial charge < -0.3 is 9.47 Å². The molecule has 0 unspecified atom stereocenters. The van der Waals surface area contributed by atoms with Gasteiger partial charge in [-0.15, -0.1) is 0 Å². The fraction of sp³-hybridized carbons (Fsp3) is 0.350. The van der Waals surface area contributed by atoms with E-state index in [1.54, 1.807) is 18.6 Å². The molecule has 28 heavy (non-hydrogen) atoms. The predicted octanol–water partition coefficient (Wildman–Crippen LogP) is 2.97. The number of para-hydroxylation sites is 1. The Morgan fingerprint density at radius 1 is 1.00 bits per heavy atom. The van der Waals surface area contributed by atoms with Crippen LogP contribution < -0.4 is 4.90 Å². The number of hydrogen-bond acceptors (Lipinski definition) is 5. The Labute approximate surface area is 168 Å². The zero-order valence-electron chi connectivity index (χ0n) is 15.6. The van der Waals surface area contributed by atoms with Gasteiger partial charge in [0, 0.05) is 51.0 Å². The van der Waals surface area contributed by atoms with E-state index in [0.717, 1.165) is 44.8 Å². The zero-order valence-corrected chi connectivity index (χ0v) is 16.4. The summed E-state index contributed by atoms with van der Waals surface area (Å²) in [6, 6.07) is 12.9. The standard InChI is InChI=1S/C20H23FN6S/c21-18-6-1-2-7-19(18)25-13-11-24(12-14-25)16-27-20(28)26(15-23-27)10-8-17-5-3-4-9-22-17/h1-7,9,15H,8,10-14,16H2. The van der Waals surface area contributed by atoms with Crippen LogP contribution in [0.3, 0.4) is 0 Å². The lowest BCUT2D eigenvalue weighted by molar-refractivity contribution is 0.193. The second-order valence-electron chi connectivity index (χ2n) is 6.88. The third-order valence-corrected chi connectivity index (χ3v) is 5.48. The first-order valence-corrected chi connectivity index (χ1v) is 9.85. The van der Waals surface area contributed by atoms with Gasteiger partial charge >= 0.3 is 0 Å². The lowest BCUT2D eigenvalue weighted by Crippen LogP contribution is -2.47. The number of hydrogen-bond donors (Lipinski definition) is 0. The summed E-state index contributed by atoms with van der Waals surface area (Å²) in [6.07, 6.45) is 4.42. The summed E-state index contributed by atoms with van der Waals surface area (Å²) in [5, 5.41) is 4.45. The fourth-order valence-corrected chi connectivity index (χ4v) is 3.67. The van der Waals surface area contributed by atoms with E-state index in [2.05, 4.69) is 19.9 Å². The molecule has 3 aromatic rings. The topological polar surface area (TPSA) is 42.1 Å². The Hall–Kier alpha value is -2.58. The molecule has 0 aliphatic carbocycles. The predicted molar refractivity (Wildman–Crippen MR) is 109 cm³/mol. The van der Waals surface area contributed by atoms with Crippen molar-refractivity contribution in [2.45, 2.75) is 19.6 Å². The highest BCUT2D eigenvalue weighted by Crippen LogP contribution is 2.20. The molecule has 6 nitrogen and oxygen atoms in total. The first-order chi connectivity index (χ1) is 13.7. The summed E-state index contributed by atoms with van der Waals surface area (Å²) < 4.78 is 18.5. The minimum atomic E-state index is -0.162. The van der Waals surface area contributed by atoms with Gasteiger partial charge in [-0.05, 0) is 36.5 Å². The lowest BCUT2D eigenvalue weighted by Gasteiger charge is -2.35. The van der Waals surface area contributed by atoms with E-state index in [1.807, 2.05) is 39.6 Å². The molecule has 0 N–H and O–H groups in total. The molecule has 0 radical (unpaired) electrons. The molecule has 0 amide bonds. The summed E-state index contributed by atoms with van der Waals surface area (Å²) >= 11 is 5.58. The molecule has 3 heterocycles. The van der Waals surface area contributed by atoms with Gasteiger partial charge in [0.2, 0.25) is 0 Å². The van der Waals surface area contributed by atoms with Gasteiger partial charge in [0.1, 0.15) is 12.1 Å². The average Bonchev–Trinajstić information content (AvgIpc) is 3.08. The van der Waals surface area contributed by atoms with Crippen molar-refractivity contribution in [3.63, 3.8) is 0 Å². The number of benzene rings is 1. The Kier molecular flexibility index (Phi) is 5.78. The number of anilines is 1. The Bertz CT molecular complexity index is 962. The smallest absolute Gasteiger partial charge is 0.198 e. The SMILES string of the molecule is Fc1ccccc1N1CCN(Cn2ncn(CCc3ccccn3)c2=S)CC1. The van der Waals surface area contributed by atoms with Gasteiger partial charge in [0.05, 0.1) is 12.4 Å². The van der Waals surface area contributed by atoms with E-state index >= 15 is 0 Å². The summed E-state index contributed by atoms with van der Waals surface area (Å²) in [5.74, 6) is -0.162. The van der Waals surface area contributed by atoms with Gasteiger partial charge in [-0.25, -0.2) is 9.07 Å². The maximum absolute atomic E-state index is 14.0. The van der Waals surface area contributed by atoms with Gasteiger partial charge in [-0.1, -0.05) is 18.2 Å². The Balaban J connectivity index is 1.32. The molecule has 0 atom stereocenters. The Morgan fingerprint density at radius 3 is 2.54 bits per heavy atom. The molecule has 0 saturated carbocycles. The van der Waals surface area contributed by atoms with Gasteiger partial charge in [-0.3, -0.25) is 9.88 Å². The second-order valence-corrected chi connectivity index (χ2v) is 7.24. The normalized spacial score (nSPS) is 15.1. The molecular formula is C20H23FN6S. The highest BCUT2D eigenvalue weighted by molar-refractivity contribution is 7.71. The first-order valence-electron chi connectivity index (χ1n) is 9.45. The molecular weight excluding hydrogens is 375 g/mol. The molecule has 0 spiro atoms. The summed E-state index contributed by atoms with van der Waals surface area (Å²) in [4.78, 5) is 8.74. The van der Waals surface area contributed by atoms with Gasteiger partial charge in [0.25, 0.3) is 0 Å². The molecule has 0 bridgehead atoms. The highest BCUT2D eigenvalue weighted by atomic mass is 32.1. The summed E-state index contributed by atoms with van der Waals surface area (Å²) in [7, 11) is 0. The Morgan fingerprint density at radius 2 is 1.79 bits per heavy atom. The minimum Gasteiger partial charge on any atom is -0.367 e. The van der Waals surface area contributed by atoms with E-state index in [-0.39, 0.29) is 5.82 Å². The van der Waals surface area contributed by atoms with E-state index in [0.29, 0.717) is 17.1 Å². The van der Waals surface area contributed by atoms with Crippen LogP contribution in [0.25, 0.3) is 0 Å². The van der Waals surface area contributed by atoms with Crippen LogP contribution in [0.4, 0.5) is 10.1 Å². The van der Waals surface area contributed by atoms with Crippen molar-refractivity contribution in [2.75, 3.05) is 31.1 Å². The number of aromatic nitrogens is 4. The van der Waals surface area contributed by atoms with Gasteiger partial charge in [0.15, 0.2) is 4.77 Å². The molecule has 146 valence electrons. The van der Waals surface area contributed by atoms with Crippen LogP contribution in [-0.4, -0.2) is 50.4 Å². The van der Waals surface area contributed by atoms with Crippen molar-refractivity contribution in [3.8, 4) is 0 Å². The van der Waals surface area contributed by atoms with E-state index in [4.69, 9.17) is 12.2 Å². The molecule has 1 aliphatic heterocycles. The van der Waals surface area contributed by atoms with Crippen LogP contribution in [0.5, 0.6) is 0 Å². The fourth-order valence-electron chi connectivity index (χ4n) is 3.43. The van der Waals surface area contributed by atoms with Gasteiger partial charge in [-0.2, -0.15) is 5.10 Å². The zero-order chi connectivity index (χ0) is 19.3. The van der Waals surface area contributed by atoms with Crippen molar-refractivity contribution < 1.29 is 4.39 Å². The minimum absolute atomic E-state index is 0.162. The first kappa shape index (κ1) is 18.8. The van der Waals surface area contributed by atoms with Crippen LogP contribution in [0.1, 0.15) is 5.69 Å². The maximum atomic E-state index is 14.0. The van der Waals surface area contributed by atoms with Crippen LogP contribution in [-0.2, 0) is 19.6 Å². The van der Waals surface area contributed by atoms with E-state index in [9.17, 15) is 4.39 Å². The van der Waals surface area contributed by atoms with E-state index < -0.39 is 0 Å². The van der Waals surface area contributed by atoms with E-state index in [1.165, 1.54) is 6.07 Å². The number of nitrogens with zero attached hydrogens (tertiary/aromatic N) is 6.